The van der Waals surface area contributed by atoms with Crippen LogP contribution in [0, 0.1) is 6.92 Å². The molecule has 7 heteroatoms. The average Bonchev–Trinajstić information content (AvgIpc) is 2.87. The number of anilines is 1. The molecule has 1 N–H and O–H groups in total. The van der Waals surface area contributed by atoms with Crippen LogP contribution in [0.3, 0.4) is 0 Å². The summed E-state index contributed by atoms with van der Waals surface area (Å²) in [6.07, 6.45) is 7.89. The van der Waals surface area contributed by atoms with Gasteiger partial charge >= 0.3 is 0 Å². The fourth-order valence-electron chi connectivity index (χ4n) is 1.83. The third-order valence-electron chi connectivity index (χ3n) is 2.84. The van der Waals surface area contributed by atoms with E-state index in [9.17, 15) is 4.79 Å². The van der Waals surface area contributed by atoms with Crippen LogP contribution >= 0.6 is 11.6 Å². The molecule has 0 aromatic carbocycles. The molecule has 3 aromatic rings. The van der Waals surface area contributed by atoms with Crippen molar-refractivity contribution in [3.63, 3.8) is 0 Å². The molecule has 3 heterocycles. The van der Waals surface area contributed by atoms with Gasteiger partial charge in [-0.3, -0.25) is 9.78 Å². The van der Waals surface area contributed by atoms with Crippen LogP contribution in [0.5, 0.6) is 0 Å². The van der Waals surface area contributed by atoms with Crippen molar-refractivity contribution in [3.8, 4) is 0 Å². The first-order valence-corrected chi connectivity index (χ1v) is 6.24. The Kier molecular flexibility index (Phi) is 3.08. The summed E-state index contributed by atoms with van der Waals surface area (Å²) in [6, 6.07) is 1.76. The summed E-state index contributed by atoms with van der Waals surface area (Å²) in [5.74, 6) is -0.267. The van der Waals surface area contributed by atoms with E-state index >= 15 is 0 Å². The third kappa shape index (κ3) is 2.21. The molecule has 0 atom stereocenters. The maximum Gasteiger partial charge on any atom is 0.259 e. The third-order valence-corrected chi connectivity index (χ3v) is 3.24. The lowest BCUT2D eigenvalue weighted by Gasteiger charge is -2.05. The van der Waals surface area contributed by atoms with Crippen LogP contribution in [0.4, 0.5) is 5.69 Å². The Labute approximate surface area is 119 Å². The number of aryl methyl sites for hydroxylation is 1. The van der Waals surface area contributed by atoms with Crippen molar-refractivity contribution in [2.45, 2.75) is 6.92 Å². The lowest BCUT2D eigenvalue weighted by molar-refractivity contribution is 0.102. The number of carbonyl (C=O) groups is 1. The normalized spacial score (nSPS) is 10.7. The van der Waals surface area contributed by atoms with Gasteiger partial charge in [-0.05, 0) is 18.6 Å². The summed E-state index contributed by atoms with van der Waals surface area (Å²) in [7, 11) is 0. The van der Waals surface area contributed by atoms with Crippen molar-refractivity contribution in [1.82, 2.24) is 19.6 Å². The molecular weight excluding hydrogens is 278 g/mol. The van der Waals surface area contributed by atoms with Crippen molar-refractivity contribution in [3.05, 3.63) is 53.3 Å². The van der Waals surface area contributed by atoms with Crippen LogP contribution in [0.2, 0.25) is 5.15 Å². The van der Waals surface area contributed by atoms with Crippen LogP contribution in [-0.4, -0.2) is 25.5 Å². The van der Waals surface area contributed by atoms with E-state index in [1.54, 1.807) is 29.2 Å². The SMILES string of the molecule is Cc1cc(NC(=O)c2cnn3ccncc23)cnc1Cl. The van der Waals surface area contributed by atoms with E-state index in [2.05, 4.69) is 20.4 Å². The maximum atomic E-state index is 12.2. The number of hydrogen-bond donors (Lipinski definition) is 1. The first-order valence-electron chi connectivity index (χ1n) is 5.86. The molecule has 0 unspecified atom stereocenters. The number of rotatable bonds is 2. The minimum absolute atomic E-state index is 0.267. The van der Waals surface area contributed by atoms with Gasteiger partial charge in [0.15, 0.2) is 0 Å². The Bertz CT molecular complexity index is 798. The Balaban J connectivity index is 1.91. The lowest BCUT2D eigenvalue weighted by atomic mass is 10.2. The van der Waals surface area contributed by atoms with E-state index in [1.807, 2.05) is 6.92 Å². The number of nitrogens with zero attached hydrogens (tertiary/aromatic N) is 4. The number of halogens is 1. The summed E-state index contributed by atoms with van der Waals surface area (Å²) in [5, 5.41) is 7.28. The number of aromatic nitrogens is 4. The first-order chi connectivity index (χ1) is 9.65. The van der Waals surface area contributed by atoms with Gasteiger partial charge in [-0.15, -0.1) is 0 Å². The molecule has 3 rings (SSSR count). The zero-order chi connectivity index (χ0) is 14.1. The second kappa shape index (κ2) is 4.90. The summed E-state index contributed by atoms with van der Waals surface area (Å²) in [6.45, 7) is 1.82. The van der Waals surface area contributed by atoms with Gasteiger partial charge in [0, 0.05) is 12.4 Å². The topological polar surface area (TPSA) is 72.2 Å². The molecular formula is C13H10ClN5O. The van der Waals surface area contributed by atoms with Crippen molar-refractivity contribution in [2.75, 3.05) is 5.32 Å². The van der Waals surface area contributed by atoms with Crippen molar-refractivity contribution < 1.29 is 4.79 Å². The average molecular weight is 288 g/mol. The van der Waals surface area contributed by atoms with Gasteiger partial charge in [-0.25, -0.2) is 9.50 Å². The van der Waals surface area contributed by atoms with Gasteiger partial charge in [0.1, 0.15) is 5.15 Å². The van der Waals surface area contributed by atoms with Crippen LogP contribution in [0.1, 0.15) is 15.9 Å². The number of amides is 1. The van der Waals surface area contributed by atoms with Gasteiger partial charge in [0.05, 0.1) is 35.4 Å². The lowest BCUT2D eigenvalue weighted by Crippen LogP contribution is -2.12. The molecule has 20 heavy (non-hydrogen) atoms. The molecule has 0 bridgehead atoms. The van der Waals surface area contributed by atoms with E-state index in [0.29, 0.717) is 21.9 Å². The van der Waals surface area contributed by atoms with Crippen LogP contribution in [0.15, 0.2) is 37.1 Å². The highest BCUT2D eigenvalue weighted by molar-refractivity contribution is 6.30. The Hall–Kier alpha value is -2.47. The fraction of sp³-hybridized carbons (Fsp3) is 0.0769. The Morgan fingerprint density at radius 1 is 1.35 bits per heavy atom. The summed E-state index contributed by atoms with van der Waals surface area (Å²) < 4.78 is 1.59. The second-order valence-electron chi connectivity index (χ2n) is 4.25. The molecule has 0 fully saturated rings. The Morgan fingerprint density at radius 2 is 2.20 bits per heavy atom. The van der Waals surface area contributed by atoms with Crippen LogP contribution in [0.25, 0.3) is 5.52 Å². The van der Waals surface area contributed by atoms with E-state index in [0.717, 1.165) is 5.56 Å². The molecule has 0 aliphatic rings. The zero-order valence-electron chi connectivity index (χ0n) is 10.5. The largest absolute Gasteiger partial charge is 0.320 e. The zero-order valence-corrected chi connectivity index (χ0v) is 11.3. The number of hydrogen-bond acceptors (Lipinski definition) is 4. The predicted molar refractivity (Wildman–Crippen MR) is 74.9 cm³/mol. The molecule has 1 amide bonds. The minimum atomic E-state index is -0.267. The van der Waals surface area contributed by atoms with Gasteiger partial charge < -0.3 is 5.32 Å². The highest BCUT2D eigenvalue weighted by Gasteiger charge is 2.13. The number of pyridine rings is 1. The van der Waals surface area contributed by atoms with E-state index in [4.69, 9.17) is 11.6 Å². The molecule has 3 aromatic heterocycles. The van der Waals surface area contributed by atoms with Gasteiger partial charge in [0.25, 0.3) is 5.91 Å². The predicted octanol–water partition coefficient (Wildman–Crippen LogP) is 2.34. The molecule has 0 saturated carbocycles. The molecule has 0 aliphatic carbocycles. The molecule has 0 spiro atoms. The monoisotopic (exact) mass is 287 g/mol. The fourth-order valence-corrected chi connectivity index (χ4v) is 1.94. The van der Waals surface area contributed by atoms with Crippen molar-refractivity contribution in [1.29, 1.82) is 0 Å². The van der Waals surface area contributed by atoms with Crippen molar-refractivity contribution >= 4 is 28.7 Å². The quantitative estimate of drug-likeness (QED) is 0.734. The molecule has 0 radical (unpaired) electrons. The summed E-state index contributed by atoms with van der Waals surface area (Å²) >= 11 is 5.85. The maximum absolute atomic E-state index is 12.2. The Morgan fingerprint density at radius 3 is 3.00 bits per heavy atom. The standard InChI is InChI=1S/C13H10ClN5O/c1-8-4-9(5-16-12(8)14)18-13(20)10-6-17-19-3-2-15-7-11(10)19/h2-7H,1H3,(H,18,20). The molecule has 0 saturated heterocycles. The van der Waals surface area contributed by atoms with Crippen molar-refractivity contribution in [2.24, 2.45) is 0 Å². The molecule has 6 nitrogen and oxygen atoms in total. The number of nitrogens with one attached hydrogen (secondary N) is 1. The minimum Gasteiger partial charge on any atom is -0.320 e. The van der Waals surface area contributed by atoms with E-state index in [1.165, 1.54) is 12.4 Å². The summed E-state index contributed by atoms with van der Waals surface area (Å²) in [5.41, 5.74) is 2.47. The summed E-state index contributed by atoms with van der Waals surface area (Å²) in [4.78, 5) is 20.2. The number of carbonyl (C=O) groups excluding carboxylic acids is 1. The second-order valence-corrected chi connectivity index (χ2v) is 4.61. The smallest absolute Gasteiger partial charge is 0.259 e. The molecule has 100 valence electrons. The van der Waals surface area contributed by atoms with Gasteiger partial charge in [-0.2, -0.15) is 5.10 Å². The highest BCUT2D eigenvalue weighted by Crippen LogP contribution is 2.17. The van der Waals surface area contributed by atoms with E-state index < -0.39 is 0 Å². The first kappa shape index (κ1) is 12.6. The van der Waals surface area contributed by atoms with Gasteiger partial charge in [0.2, 0.25) is 0 Å². The number of fused-ring (bicyclic) bond motifs is 1. The molecule has 0 aliphatic heterocycles. The van der Waals surface area contributed by atoms with Gasteiger partial charge in [-0.1, -0.05) is 11.6 Å². The highest BCUT2D eigenvalue weighted by atomic mass is 35.5. The van der Waals surface area contributed by atoms with E-state index in [-0.39, 0.29) is 5.91 Å². The van der Waals surface area contributed by atoms with Crippen LogP contribution in [-0.2, 0) is 0 Å². The van der Waals surface area contributed by atoms with Crippen LogP contribution < -0.4 is 5.32 Å².